The Morgan fingerprint density at radius 2 is 2.07 bits per heavy atom. The smallest absolute Gasteiger partial charge is 0.313 e. The van der Waals surface area contributed by atoms with Crippen molar-refractivity contribution in [3.8, 4) is 0 Å². The molecule has 0 spiro atoms. The van der Waals surface area contributed by atoms with Crippen LogP contribution in [0.1, 0.15) is 6.92 Å². The molecule has 84 valence electrons. The van der Waals surface area contributed by atoms with Gasteiger partial charge in [0.25, 0.3) is 10.1 Å². The van der Waals surface area contributed by atoms with E-state index in [4.69, 9.17) is 9.66 Å². The predicted molar refractivity (Wildman–Crippen MR) is 50.5 cm³/mol. The van der Waals surface area contributed by atoms with E-state index in [9.17, 15) is 18.3 Å². The van der Waals surface area contributed by atoms with Crippen molar-refractivity contribution in [1.29, 1.82) is 0 Å². The van der Waals surface area contributed by atoms with Crippen LogP contribution in [0.5, 0.6) is 0 Å². The van der Waals surface area contributed by atoms with Gasteiger partial charge < -0.3 is 10.2 Å². The third kappa shape index (κ3) is 2.44. The van der Waals surface area contributed by atoms with E-state index in [0.717, 1.165) is 25.2 Å². The van der Waals surface area contributed by atoms with E-state index in [0.29, 0.717) is 0 Å². The first-order valence-corrected chi connectivity index (χ1v) is 5.42. The van der Waals surface area contributed by atoms with Crippen molar-refractivity contribution >= 4 is 16.1 Å². The van der Waals surface area contributed by atoms with Gasteiger partial charge in [0.15, 0.2) is 0 Å². The first-order chi connectivity index (χ1) is 6.64. The van der Waals surface area contributed by atoms with Crippen LogP contribution in [0.3, 0.4) is 0 Å². The van der Waals surface area contributed by atoms with Crippen molar-refractivity contribution < 1.29 is 28.0 Å². The first-order valence-electron chi connectivity index (χ1n) is 3.98. The average Bonchev–Trinajstić information content (AvgIpc) is 1.99. The third-order valence-electron chi connectivity index (χ3n) is 2.08. The Labute approximate surface area is 86.3 Å². The lowest BCUT2D eigenvalue weighted by atomic mass is 9.85. The summed E-state index contributed by atoms with van der Waals surface area (Å²) < 4.78 is 30.1. The summed E-state index contributed by atoms with van der Waals surface area (Å²) in [4.78, 5) is 10.2. The monoisotopic (exact) mass is 234 g/mol. The zero-order chi connectivity index (χ0) is 11.9. The Morgan fingerprint density at radius 1 is 1.53 bits per heavy atom. The number of carboxylic acids is 1. The van der Waals surface area contributed by atoms with Crippen LogP contribution < -0.4 is 0 Å². The summed E-state index contributed by atoms with van der Waals surface area (Å²) in [6.45, 7) is 1.15. The minimum absolute atomic E-state index is 0.509. The Balaban J connectivity index is 3.17. The third-order valence-corrected chi connectivity index (χ3v) is 2.93. The molecule has 0 amide bonds. The van der Waals surface area contributed by atoms with E-state index in [1.807, 2.05) is 0 Å². The molecule has 0 aliphatic heterocycles. The highest BCUT2D eigenvalue weighted by atomic mass is 32.2. The van der Waals surface area contributed by atoms with E-state index in [1.54, 1.807) is 0 Å². The van der Waals surface area contributed by atoms with Gasteiger partial charge in [-0.2, -0.15) is 8.42 Å². The molecule has 7 heteroatoms. The van der Waals surface area contributed by atoms with Crippen LogP contribution in [0.2, 0.25) is 0 Å². The lowest BCUT2D eigenvalue weighted by Gasteiger charge is -2.27. The zero-order valence-corrected chi connectivity index (χ0v) is 8.60. The maximum atomic E-state index is 10.7. The van der Waals surface area contributed by atoms with E-state index in [2.05, 4.69) is 0 Å². The fraction of sp³-hybridized carbons (Fsp3) is 0.375. The van der Waals surface area contributed by atoms with E-state index >= 15 is 0 Å². The number of aliphatic carboxylic acids is 1. The van der Waals surface area contributed by atoms with E-state index in [-0.39, 0.29) is 0 Å². The molecule has 1 rings (SSSR count). The van der Waals surface area contributed by atoms with Gasteiger partial charge in [-0.15, -0.1) is 0 Å². The SMILES string of the molecule is CC1(O)C=C(S(=O)(=O)O)C=CC1C(=O)O. The summed E-state index contributed by atoms with van der Waals surface area (Å²) in [7, 11) is -4.42. The molecule has 0 aromatic rings. The molecule has 0 aromatic carbocycles. The number of aliphatic hydroxyl groups is 1. The second-order valence-corrected chi connectivity index (χ2v) is 4.84. The van der Waals surface area contributed by atoms with Crippen LogP contribution in [-0.4, -0.2) is 34.8 Å². The van der Waals surface area contributed by atoms with E-state index in [1.165, 1.54) is 0 Å². The fourth-order valence-electron chi connectivity index (χ4n) is 1.30. The van der Waals surface area contributed by atoms with Crippen molar-refractivity contribution in [3.05, 3.63) is 23.1 Å². The summed E-state index contributed by atoms with van der Waals surface area (Å²) >= 11 is 0. The lowest BCUT2D eigenvalue weighted by molar-refractivity contribution is -0.145. The molecule has 6 nitrogen and oxygen atoms in total. The first kappa shape index (κ1) is 11.9. The van der Waals surface area contributed by atoms with Gasteiger partial charge >= 0.3 is 5.97 Å². The minimum atomic E-state index is -4.42. The van der Waals surface area contributed by atoms with Crippen LogP contribution in [0.4, 0.5) is 0 Å². The Kier molecular flexibility index (Phi) is 2.73. The molecule has 0 bridgehead atoms. The molecule has 0 radical (unpaired) electrons. The molecule has 15 heavy (non-hydrogen) atoms. The second kappa shape index (κ2) is 3.44. The number of allylic oxidation sites excluding steroid dienone is 1. The molecule has 1 aliphatic carbocycles. The molecule has 1 aliphatic rings. The standard InChI is InChI=1S/C8H10O6S/c1-8(11)4-5(15(12,13)14)2-3-6(8)7(9)10/h2-4,6,11H,1H3,(H,9,10)(H,12,13,14). The molecule has 2 unspecified atom stereocenters. The van der Waals surface area contributed by atoms with Crippen molar-refractivity contribution in [1.82, 2.24) is 0 Å². The van der Waals surface area contributed by atoms with Gasteiger partial charge in [-0.25, -0.2) is 0 Å². The average molecular weight is 234 g/mol. The normalized spacial score (nSPS) is 31.1. The molecule has 0 fully saturated rings. The van der Waals surface area contributed by atoms with Gasteiger partial charge in [-0.1, -0.05) is 6.08 Å². The Bertz CT molecular complexity index is 442. The molecule has 0 heterocycles. The van der Waals surface area contributed by atoms with E-state index < -0.39 is 32.5 Å². The number of hydrogen-bond acceptors (Lipinski definition) is 4. The highest BCUT2D eigenvalue weighted by molar-refractivity contribution is 7.90. The summed E-state index contributed by atoms with van der Waals surface area (Å²) in [5, 5.41) is 18.4. The summed E-state index contributed by atoms with van der Waals surface area (Å²) in [5.41, 5.74) is -1.84. The molecule has 0 aromatic heterocycles. The number of hydrogen-bond donors (Lipinski definition) is 3. The van der Waals surface area contributed by atoms with Crippen LogP contribution >= 0.6 is 0 Å². The fourth-order valence-corrected chi connectivity index (χ4v) is 1.94. The lowest BCUT2D eigenvalue weighted by Crippen LogP contribution is -2.39. The maximum Gasteiger partial charge on any atom is 0.313 e. The summed E-state index contributed by atoms with van der Waals surface area (Å²) in [6.07, 6.45) is 2.78. The van der Waals surface area contributed by atoms with Gasteiger partial charge in [-0.3, -0.25) is 9.35 Å². The molecule has 0 saturated heterocycles. The Hall–Kier alpha value is -1.18. The Morgan fingerprint density at radius 3 is 2.40 bits per heavy atom. The van der Waals surface area contributed by atoms with Gasteiger partial charge in [0.2, 0.25) is 0 Å². The van der Waals surface area contributed by atoms with Crippen LogP contribution in [0, 0.1) is 5.92 Å². The van der Waals surface area contributed by atoms with Gasteiger partial charge in [-0.05, 0) is 19.1 Å². The molecular weight excluding hydrogens is 224 g/mol. The van der Waals surface area contributed by atoms with Crippen molar-refractivity contribution in [2.45, 2.75) is 12.5 Å². The number of carbonyl (C=O) groups is 1. The highest BCUT2D eigenvalue weighted by Gasteiger charge is 2.37. The van der Waals surface area contributed by atoms with Crippen LogP contribution in [0.25, 0.3) is 0 Å². The largest absolute Gasteiger partial charge is 0.481 e. The van der Waals surface area contributed by atoms with Gasteiger partial charge in [0.05, 0.1) is 10.5 Å². The maximum absolute atomic E-state index is 10.7. The predicted octanol–water partition coefficient (Wildman–Crippen LogP) is -0.220. The molecule has 2 atom stereocenters. The van der Waals surface area contributed by atoms with Gasteiger partial charge in [0, 0.05) is 0 Å². The molecule has 0 saturated carbocycles. The van der Waals surface area contributed by atoms with Gasteiger partial charge in [0.1, 0.15) is 5.92 Å². The topological polar surface area (TPSA) is 112 Å². The zero-order valence-electron chi connectivity index (χ0n) is 7.78. The second-order valence-electron chi connectivity index (χ2n) is 3.42. The van der Waals surface area contributed by atoms with Crippen molar-refractivity contribution in [2.24, 2.45) is 5.92 Å². The van der Waals surface area contributed by atoms with Crippen molar-refractivity contribution in [2.75, 3.05) is 0 Å². The van der Waals surface area contributed by atoms with Crippen molar-refractivity contribution in [3.63, 3.8) is 0 Å². The number of rotatable bonds is 2. The van der Waals surface area contributed by atoms with Crippen LogP contribution in [0.15, 0.2) is 23.1 Å². The molecule has 3 N–H and O–H groups in total. The minimum Gasteiger partial charge on any atom is -0.481 e. The highest BCUT2D eigenvalue weighted by Crippen LogP contribution is 2.28. The van der Waals surface area contributed by atoms with Crippen LogP contribution in [-0.2, 0) is 14.9 Å². The summed E-state index contributed by atoms with van der Waals surface area (Å²) in [5.74, 6) is -2.51. The quantitative estimate of drug-likeness (QED) is 0.569. The molecular formula is C8H10O6S. The summed E-state index contributed by atoms with van der Waals surface area (Å²) in [6, 6.07) is 0. The number of carboxylic acid groups (broad SMARTS) is 1.